The minimum absolute atomic E-state index is 0.0448. The molecule has 0 bridgehead atoms. The highest BCUT2D eigenvalue weighted by molar-refractivity contribution is 6.68. The molecule has 2 aromatic rings. The molecular formula is C17H14ClF3N2. The lowest BCUT2D eigenvalue weighted by molar-refractivity contribution is -0.138. The van der Waals surface area contributed by atoms with Crippen molar-refractivity contribution in [3.05, 3.63) is 77.4 Å². The van der Waals surface area contributed by atoms with E-state index in [0.717, 1.165) is 11.6 Å². The Morgan fingerprint density at radius 1 is 1.04 bits per heavy atom. The van der Waals surface area contributed by atoms with Crippen LogP contribution in [0.5, 0.6) is 0 Å². The number of benzene rings is 2. The number of alkyl halides is 3. The van der Waals surface area contributed by atoms with Crippen molar-refractivity contribution >= 4 is 22.5 Å². The summed E-state index contributed by atoms with van der Waals surface area (Å²) in [4.78, 5) is 3.96. The van der Waals surface area contributed by atoms with E-state index in [9.17, 15) is 13.2 Å². The van der Waals surface area contributed by atoms with Gasteiger partial charge in [0.05, 0.1) is 12.1 Å². The summed E-state index contributed by atoms with van der Waals surface area (Å²) in [6, 6.07) is 14.4. The minimum atomic E-state index is -4.42. The number of nitrogens with two attached hydrogens (primary N) is 1. The Bertz CT molecular complexity index is 722. The van der Waals surface area contributed by atoms with E-state index in [0.29, 0.717) is 5.70 Å². The molecule has 0 aliphatic heterocycles. The summed E-state index contributed by atoms with van der Waals surface area (Å²) in [5.74, 6) is 0. The zero-order chi connectivity index (χ0) is 16.9. The van der Waals surface area contributed by atoms with Crippen LogP contribution in [0.25, 0.3) is 5.70 Å². The van der Waals surface area contributed by atoms with Crippen molar-refractivity contribution in [2.24, 2.45) is 10.7 Å². The monoisotopic (exact) mass is 338 g/mol. The zero-order valence-corrected chi connectivity index (χ0v) is 12.8. The van der Waals surface area contributed by atoms with Crippen LogP contribution >= 0.6 is 11.6 Å². The lowest BCUT2D eigenvalue weighted by atomic mass is 10.1. The van der Waals surface area contributed by atoms with Gasteiger partial charge >= 0.3 is 6.18 Å². The van der Waals surface area contributed by atoms with Crippen LogP contribution in [0, 0.1) is 0 Å². The van der Waals surface area contributed by atoms with Gasteiger partial charge in [-0.2, -0.15) is 13.2 Å². The molecule has 23 heavy (non-hydrogen) atoms. The smallest absolute Gasteiger partial charge is 0.398 e. The van der Waals surface area contributed by atoms with Crippen LogP contribution < -0.4 is 5.73 Å². The molecule has 0 aliphatic rings. The minimum Gasteiger partial charge on any atom is -0.398 e. The Morgan fingerprint density at radius 2 is 1.65 bits per heavy atom. The second-order valence-corrected chi connectivity index (χ2v) is 5.15. The van der Waals surface area contributed by atoms with Crippen LogP contribution in [0.2, 0.25) is 0 Å². The third-order valence-corrected chi connectivity index (χ3v) is 3.33. The van der Waals surface area contributed by atoms with E-state index < -0.39 is 11.7 Å². The number of halogens is 4. The van der Waals surface area contributed by atoms with Gasteiger partial charge in [0, 0.05) is 5.70 Å². The first-order chi connectivity index (χ1) is 10.9. The second-order valence-electron chi connectivity index (χ2n) is 4.76. The van der Waals surface area contributed by atoms with Gasteiger partial charge in [0.1, 0.15) is 5.17 Å². The summed E-state index contributed by atoms with van der Waals surface area (Å²) in [5.41, 5.74) is 6.38. The summed E-state index contributed by atoms with van der Waals surface area (Å²) < 4.78 is 38.7. The standard InChI is InChI=1S/C17H14ClF3N2/c18-16(10-15(22)12-6-2-1-3-7-12)23-11-13-8-4-5-9-14(13)17(19,20)21/h1-10H,11,22H2/b15-10-,23-16?. The van der Waals surface area contributed by atoms with Crippen molar-refractivity contribution in [2.75, 3.05) is 0 Å². The zero-order valence-electron chi connectivity index (χ0n) is 12.0. The SMILES string of the molecule is N/C(=C\C(Cl)=NCc1ccccc1C(F)(F)F)c1ccccc1. The maximum atomic E-state index is 12.9. The summed E-state index contributed by atoms with van der Waals surface area (Å²) in [6.07, 6.45) is -3.00. The Kier molecular flexibility index (Phi) is 5.45. The van der Waals surface area contributed by atoms with E-state index in [1.54, 1.807) is 12.1 Å². The quantitative estimate of drug-likeness (QED) is 0.796. The van der Waals surface area contributed by atoms with E-state index >= 15 is 0 Å². The van der Waals surface area contributed by atoms with E-state index in [4.69, 9.17) is 17.3 Å². The third-order valence-electron chi connectivity index (χ3n) is 3.10. The molecule has 2 nitrogen and oxygen atoms in total. The molecule has 2 rings (SSSR count). The van der Waals surface area contributed by atoms with Gasteiger partial charge in [0.2, 0.25) is 0 Å². The number of nitrogens with zero attached hydrogens (tertiary/aromatic N) is 1. The largest absolute Gasteiger partial charge is 0.416 e. The van der Waals surface area contributed by atoms with Crippen molar-refractivity contribution in [1.29, 1.82) is 0 Å². The van der Waals surface area contributed by atoms with Gasteiger partial charge < -0.3 is 5.73 Å². The molecule has 2 N–H and O–H groups in total. The maximum absolute atomic E-state index is 12.9. The van der Waals surface area contributed by atoms with E-state index in [1.807, 2.05) is 18.2 Å². The van der Waals surface area contributed by atoms with Crippen molar-refractivity contribution in [1.82, 2.24) is 0 Å². The molecule has 120 valence electrons. The third kappa shape index (κ3) is 4.86. The van der Waals surface area contributed by atoms with E-state index in [2.05, 4.69) is 4.99 Å². The summed E-state index contributed by atoms with van der Waals surface area (Å²) in [7, 11) is 0. The second kappa shape index (κ2) is 7.33. The predicted molar refractivity (Wildman–Crippen MR) is 87.0 cm³/mol. The van der Waals surface area contributed by atoms with Gasteiger partial charge in [-0.15, -0.1) is 0 Å². The molecule has 0 amide bonds. The van der Waals surface area contributed by atoms with Crippen LogP contribution in [0.15, 0.2) is 65.7 Å². The molecule has 0 atom stereocenters. The fourth-order valence-corrected chi connectivity index (χ4v) is 2.16. The lowest BCUT2D eigenvalue weighted by Gasteiger charge is -2.10. The van der Waals surface area contributed by atoms with Crippen molar-refractivity contribution in [3.8, 4) is 0 Å². The first kappa shape index (κ1) is 17.1. The Morgan fingerprint density at radius 3 is 2.30 bits per heavy atom. The topological polar surface area (TPSA) is 38.4 Å². The van der Waals surface area contributed by atoms with Gasteiger partial charge in [0.15, 0.2) is 0 Å². The number of rotatable bonds is 4. The predicted octanol–water partition coefficient (Wildman–Crippen LogP) is 4.84. The molecule has 0 radical (unpaired) electrons. The fourth-order valence-electron chi connectivity index (χ4n) is 1.98. The molecule has 0 fully saturated rings. The molecule has 0 spiro atoms. The Labute approximate surface area is 137 Å². The van der Waals surface area contributed by atoms with Gasteiger partial charge in [0.25, 0.3) is 0 Å². The van der Waals surface area contributed by atoms with Gasteiger partial charge in [-0.3, -0.25) is 4.99 Å². The number of aliphatic imine (C=N–C) groups is 1. The van der Waals surface area contributed by atoms with Gasteiger partial charge in [-0.05, 0) is 23.3 Å². The molecule has 0 unspecified atom stereocenters. The first-order valence-corrected chi connectivity index (χ1v) is 7.13. The molecule has 0 aliphatic carbocycles. The molecule has 0 saturated carbocycles. The van der Waals surface area contributed by atoms with Crippen LogP contribution in [0.3, 0.4) is 0 Å². The van der Waals surface area contributed by atoms with Crippen molar-refractivity contribution < 1.29 is 13.2 Å². The highest BCUT2D eigenvalue weighted by Gasteiger charge is 2.32. The molecule has 6 heteroatoms. The molecule has 0 aromatic heterocycles. The van der Waals surface area contributed by atoms with Crippen LogP contribution in [-0.2, 0) is 12.7 Å². The summed E-state index contributed by atoms with van der Waals surface area (Å²) in [6.45, 7) is -0.174. The van der Waals surface area contributed by atoms with Crippen molar-refractivity contribution in [3.63, 3.8) is 0 Å². The number of hydrogen-bond acceptors (Lipinski definition) is 2. The average molecular weight is 339 g/mol. The first-order valence-electron chi connectivity index (χ1n) is 6.75. The molecular weight excluding hydrogens is 325 g/mol. The molecule has 0 saturated heterocycles. The molecule has 2 aromatic carbocycles. The van der Waals surface area contributed by atoms with Crippen molar-refractivity contribution in [2.45, 2.75) is 12.7 Å². The highest BCUT2D eigenvalue weighted by atomic mass is 35.5. The van der Waals surface area contributed by atoms with E-state index in [1.165, 1.54) is 24.3 Å². The van der Waals surface area contributed by atoms with E-state index in [-0.39, 0.29) is 17.3 Å². The average Bonchev–Trinajstić information content (AvgIpc) is 2.53. The van der Waals surface area contributed by atoms with Crippen LogP contribution in [0.1, 0.15) is 16.7 Å². The number of hydrogen-bond donors (Lipinski definition) is 1. The summed E-state index contributed by atoms with van der Waals surface area (Å²) >= 11 is 5.95. The fraction of sp³-hybridized carbons (Fsp3) is 0.118. The maximum Gasteiger partial charge on any atom is 0.416 e. The normalized spacial score (nSPS) is 13.2. The lowest BCUT2D eigenvalue weighted by Crippen LogP contribution is -2.08. The Balaban J connectivity index is 2.18. The number of allylic oxidation sites excluding steroid dienone is 1. The highest BCUT2D eigenvalue weighted by Crippen LogP contribution is 2.32. The van der Waals surface area contributed by atoms with Gasteiger partial charge in [-0.25, -0.2) is 0 Å². The van der Waals surface area contributed by atoms with Crippen LogP contribution in [0.4, 0.5) is 13.2 Å². The van der Waals surface area contributed by atoms with Crippen LogP contribution in [-0.4, -0.2) is 5.17 Å². The summed E-state index contributed by atoms with van der Waals surface area (Å²) in [5, 5.41) is 0.0448. The Hall–Kier alpha value is -2.27. The molecule has 0 heterocycles. The van der Waals surface area contributed by atoms with Gasteiger partial charge in [-0.1, -0.05) is 60.1 Å².